The SMILES string of the molecule is O=C(O)N1CCC(Oc2cn[nH]c2Br)C1. The van der Waals surface area contributed by atoms with Crippen molar-refractivity contribution in [1.82, 2.24) is 15.1 Å². The van der Waals surface area contributed by atoms with E-state index in [-0.39, 0.29) is 6.10 Å². The number of carboxylic acid groups (broad SMARTS) is 1. The second-order valence-electron chi connectivity index (χ2n) is 3.31. The van der Waals surface area contributed by atoms with Crippen molar-refractivity contribution >= 4 is 22.0 Å². The molecule has 1 aromatic rings. The lowest BCUT2D eigenvalue weighted by molar-refractivity contribution is 0.145. The highest BCUT2D eigenvalue weighted by molar-refractivity contribution is 9.10. The number of amides is 1. The van der Waals surface area contributed by atoms with Gasteiger partial charge in [0.1, 0.15) is 10.7 Å². The molecule has 0 radical (unpaired) electrons. The number of nitrogens with zero attached hydrogens (tertiary/aromatic N) is 2. The summed E-state index contributed by atoms with van der Waals surface area (Å²) >= 11 is 3.24. The highest BCUT2D eigenvalue weighted by atomic mass is 79.9. The van der Waals surface area contributed by atoms with Gasteiger partial charge in [-0.05, 0) is 15.9 Å². The first-order valence-corrected chi connectivity index (χ1v) is 5.29. The van der Waals surface area contributed by atoms with Gasteiger partial charge in [0.05, 0.1) is 12.7 Å². The van der Waals surface area contributed by atoms with Crippen molar-refractivity contribution < 1.29 is 14.6 Å². The molecule has 0 aromatic carbocycles. The largest absolute Gasteiger partial charge is 0.484 e. The first kappa shape index (κ1) is 10.3. The van der Waals surface area contributed by atoms with E-state index in [4.69, 9.17) is 9.84 Å². The van der Waals surface area contributed by atoms with Gasteiger partial charge in [-0.2, -0.15) is 5.10 Å². The number of nitrogens with one attached hydrogen (secondary N) is 1. The van der Waals surface area contributed by atoms with Gasteiger partial charge < -0.3 is 14.7 Å². The molecule has 1 unspecified atom stereocenters. The third-order valence-electron chi connectivity index (χ3n) is 2.27. The monoisotopic (exact) mass is 275 g/mol. The Morgan fingerprint density at radius 1 is 1.80 bits per heavy atom. The van der Waals surface area contributed by atoms with Crippen molar-refractivity contribution in [2.45, 2.75) is 12.5 Å². The van der Waals surface area contributed by atoms with Gasteiger partial charge in [-0.25, -0.2) is 4.79 Å². The van der Waals surface area contributed by atoms with Gasteiger partial charge in [-0.15, -0.1) is 0 Å². The summed E-state index contributed by atoms with van der Waals surface area (Å²) < 4.78 is 6.26. The molecule has 15 heavy (non-hydrogen) atoms. The molecule has 1 aliphatic heterocycles. The summed E-state index contributed by atoms with van der Waals surface area (Å²) in [5.74, 6) is 0.618. The van der Waals surface area contributed by atoms with Crippen LogP contribution in [-0.4, -0.2) is 45.5 Å². The zero-order valence-corrected chi connectivity index (χ0v) is 9.40. The number of halogens is 1. The van der Waals surface area contributed by atoms with Crippen molar-refractivity contribution in [3.05, 3.63) is 10.8 Å². The molecule has 1 saturated heterocycles. The number of ether oxygens (including phenoxy) is 1. The van der Waals surface area contributed by atoms with E-state index in [0.29, 0.717) is 29.9 Å². The summed E-state index contributed by atoms with van der Waals surface area (Å²) in [7, 11) is 0. The number of hydrogen-bond donors (Lipinski definition) is 2. The van der Waals surface area contributed by atoms with Crippen LogP contribution in [0.25, 0.3) is 0 Å². The molecular weight excluding hydrogens is 266 g/mol. The fourth-order valence-electron chi connectivity index (χ4n) is 1.52. The quantitative estimate of drug-likeness (QED) is 0.853. The zero-order chi connectivity index (χ0) is 10.8. The van der Waals surface area contributed by atoms with Gasteiger partial charge in [0, 0.05) is 13.0 Å². The standard InChI is InChI=1S/C8H10BrN3O3/c9-7-6(3-10-11-7)15-5-1-2-12(4-5)8(13)14/h3,5H,1-2,4H2,(H,10,11)(H,13,14). The second kappa shape index (κ2) is 4.09. The normalized spacial score (nSPS) is 20.6. The lowest BCUT2D eigenvalue weighted by Crippen LogP contribution is -2.29. The van der Waals surface area contributed by atoms with Crippen LogP contribution in [0.4, 0.5) is 4.79 Å². The summed E-state index contributed by atoms with van der Waals surface area (Å²) in [5, 5.41) is 15.2. The summed E-state index contributed by atoms with van der Waals surface area (Å²) in [6, 6.07) is 0. The summed E-state index contributed by atoms with van der Waals surface area (Å²) in [6.45, 7) is 0.933. The van der Waals surface area contributed by atoms with Gasteiger partial charge in [0.2, 0.25) is 0 Å². The number of aromatic amines is 1. The molecular formula is C8H10BrN3O3. The van der Waals surface area contributed by atoms with Gasteiger partial charge in [-0.3, -0.25) is 5.10 Å². The molecule has 2 N–H and O–H groups in total. The Balaban J connectivity index is 1.93. The van der Waals surface area contributed by atoms with Gasteiger partial charge in [0.25, 0.3) is 0 Å². The Morgan fingerprint density at radius 3 is 3.13 bits per heavy atom. The van der Waals surface area contributed by atoms with Crippen molar-refractivity contribution in [3.8, 4) is 5.75 Å². The summed E-state index contributed by atoms with van der Waals surface area (Å²) in [6.07, 6.45) is 1.29. The molecule has 1 aromatic heterocycles. The molecule has 7 heteroatoms. The number of likely N-dealkylation sites (tertiary alicyclic amines) is 1. The highest BCUT2D eigenvalue weighted by Crippen LogP contribution is 2.24. The maximum atomic E-state index is 10.7. The minimum Gasteiger partial charge on any atom is -0.484 e. The third-order valence-corrected chi connectivity index (χ3v) is 2.84. The van der Waals surface area contributed by atoms with E-state index in [0.717, 1.165) is 0 Å². The smallest absolute Gasteiger partial charge is 0.407 e. The Labute approximate surface area is 94.3 Å². The lowest BCUT2D eigenvalue weighted by Gasteiger charge is -2.13. The molecule has 0 aliphatic carbocycles. The highest BCUT2D eigenvalue weighted by Gasteiger charge is 2.27. The first-order chi connectivity index (χ1) is 7.16. The third kappa shape index (κ3) is 2.23. The fraction of sp³-hybridized carbons (Fsp3) is 0.500. The van der Waals surface area contributed by atoms with E-state index < -0.39 is 6.09 Å². The number of rotatable bonds is 2. The van der Waals surface area contributed by atoms with Crippen molar-refractivity contribution in [2.24, 2.45) is 0 Å². The molecule has 6 nitrogen and oxygen atoms in total. The van der Waals surface area contributed by atoms with Crippen LogP contribution < -0.4 is 4.74 Å². The van der Waals surface area contributed by atoms with Crippen molar-refractivity contribution in [3.63, 3.8) is 0 Å². The van der Waals surface area contributed by atoms with E-state index in [1.165, 1.54) is 4.90 Å². The van der Waals surface area contributed by atoms with Crippen LogP contribution in [0.1, 0.15) is 6.42 Å². The number of aromatic nitrogens is 2. The van der Waals surface area contributed by atoms with Crippen LogP contribution in [0.3, 0.4) is 0 Å². The maximum Gasteiger partial charge on any atom is 0.407 e. The van der Waals surface area contributed by atoms with Gasteiger partial charge in [-0.1, -0.05) is 0 Å². The lowest BCUT2D eigenvalue weighted by atomic mass is 10.3. The molecule has 0 spiro atoms. The average molecular weight is 276 g/mol. The van der Waals surface area contributed by atoms with E-state index in [1.54, 1.807) is 6.20 Å². The molecule has 2 heterocycles. The minimum atomic E-state index is -0.896. The Bertz CT molecular complexity index is 368. The molecule has 82 valence electrons. The predicted molar refractivity (Wildman–Crippen MR) is 54.9 cm³/mol. The van der Waals surface area contributed by atoms with Crippen LogP contribution in [-0.2, 0) is 0 Å². The van der Waals surface area contributed by atoms with Crippen LogP contribution in [0.5, 0.6) is 5.75 Å². The molecule has 1 fully saturated rings. The summed E-state index contributed by atoms with van der Waals surface area (Å²) in [4.78, 5) is 12.0. The predicted octanol–water partition coefficient (Wildman–Crippen LogP) is 1.30. The number of carbonyl (C=O) groups is 1. The van der Waals surface area contributed by atoms with E-state index >= 15 is 0 Å². The number of hydrogen-bond acceptors (Lipinski definition) is 3. The van der Waals surface area contributed by atoms with E-state index in [1.807, 2.05) is 0 Å². The minimum absolute atomic E-state index is 0.0880. The van der Waals surface area contributed by atoms with Gasteiger partial charge in [0.15, 0.2) is 5.75 Å². The Morgan fingerprint density at radius 2 is 2.60 bits per heavy atom. The average Bonchev–Trinajstić information content (AvgIpc) is 2.77. The molecule has 0 bridgehead atoms. The van der Waals surface area contributed by atoms with Crippen LogP contribution in [0, 0.1) is 0 Å². The van der Waals surface area contributed by atoms with Crippen molar-refractivity contribution in [2.75, 3.05) is 13.1 Å². The van der Waals surface area contributed by atoms with Crippen LogP contribution in [0.15, 0.2) is 10.8 Å². The molecule has 1 amide bonds. The number of H-pyrrole nitrogens is 1. The van der Waals surface area contributed by atoms with E-state index in [9.17, 15) is 4.79 Å². The summed E-state index contributed by atoms with van der Waals surface area (Å²) in [5.41, 5.74) is 0. The van der Waals surface area contributed by atoms with Gasteiger partial charge >= 0.3 is 6.09 Å². The molecule has 0 saturated carbocycles. The molecule has 1 aliphatic rings. The van der Waals surface area contributed by atoms with Crippen molar-refractivity contribution in [1.29, 1.82) is 0 Å². The zero-order valence-electron chi connectivity index (χ0n) is 7.81. The maximum absolute atomic E-state index is 10.7. The Kier molecular flexibility index (Phi) is 2.81. The second-order valence-corrected chi connectivity index (χ2v) is 4.10. The molecule has 1 atom stereocenters. The Hall–Kier alpha value is -1.24. The van der Waals surface area contributed by atoms with Crippen LogP contribution in [0.2, 0.25) is 0 Å². The topological polar surface area (TPSA) is 78.4 Å². The van der Waals surface area contributed by atoms with Crippen LogP contribution >= 0.6 is 15.9 Å². The molecule has 2 rings (SSSR count). The fourth-order valence-corrected chi connectivity index (χ4v) is 1.82. The van der Waals surface area contributed by atoms with E-state index in [2.05, 4.69) is 26.1 Å². The first-order valence-electron chi connectivity index (χ1n) is 4.50.